The highest BCUT2D eigenvalue weighted by molar-refractivity contribution is 5.32. The summed E-state index contributed by atoms with van der Waals surface area (Å²) in [4.78, 5) is 0. The topological polar surface area (TPSA) is 53.2 Å². The number of hydrogen-bond acceptors (Lipinski definition) is 3. The third-order valence-corrected chi connectivity index (χ3v) is 2.76. The molecule has 1 N–H and O–H groups in total. The third kappa shape index (κ3) is 2.60. The van der Waals surface area contributed by atoms with E-state index in [2.05, 4.69) is 12.1 Å². The van der Waals surface area contributed by atoms with Gasteiger partial charge in [-0.2, -0.15) is 5.26 Å². The molecule has 1 aliphatic rings. The summed E-state index contributed by atoms with van der Waals surface area (Å²) in [6.45, 7) is 0.145. The molecule has 1 unspecified atom stereocenters. The Kier molecular flexibility index (Phi) is 3.55. The number of ether oxygens (including phenoxy) is 1. The van der Waals surface area contributed by atoms with Crippen LogP contribution in [0.15, 0.2) is 24.3 Å². The van der Waals surface area contributed by atoms with Crippen LogP contribution in [0.3, 0.4) is 0 Å². The molecule has 0 bridgehead atoms. The zero-order valence-corrected chi connectivity index (χ0v) is 9.10. The molecule has 0 aliphatic heterocycles. The van der Waals surface area contributed by atoms with Gasteiger partial charge in [-0.05, 0) is 29.9 Å². The molecule has 0 saturated heterocycles. The van der Waals surface area contributed by atoms with Gasteiger partial charge in [0.25, 0.3) is 0 Å². The maximum absolute atomic E-state index is 8.99. The molecule has 1 fully saturated rings. The average molecular weight is 217 g/mol. The molecule has 0 amide bonds. The fraction of sp³-hybridized carbons (Fsp3) is 0.462. The van der Waals surface area contributed by atoms with E-state index in [1.165, 1.54) is 18.4 Å². The van der Waals surface area contributed by atoms with Crippen LogP contribution in [0.1, 0.15) is 36.0 Å². The van der Waals surface area contributed by atoms with Crippen LogP contribution in [0, 0.1) is 11.3 Å². The average Bonchev–Trinajstić information content (AvgIpc) is 3.14. The lowest BCUT2D eigenvalue weighted by Gasteiger charge is -2.11. The number of aliphatic hydroxyl groups excluding tert-OH is 1. The summed E-state index contributed by atoms with van der Waals surface area (Å²) < 4.78 is 5.27. The van der Waals surface area contributed by atoms with Crippen LogP contribution >= 0.6 is 0 Å². The van der Waals surface area contributed by atoms with Gasteiger partial charge in [0, 0.05) is 0 Å². The fourth-order valence-electron chi connectivity index (χ4n) is 1.77. The Morgan fingerprint density at radius 1 is 1.50 bits per heavy atom. The van der Waals surface area contributed by atoms with Crippen molar-refractivity contribution in [2.45, 2.75) is 24.9 Å². The Morgan fingerprint density at radius 2 is 2.31 bits per heavy atom. The van der Waals surface area contributed by atoms with E-state index in [0.29, 0.717) is 5.92 Å². The predicted octanol–water partition coefficient (Wildman–Crippen LogP) is 2.14. The van der Waals surface area contributed by atoms with Crippen LogP contribution < -0.4 is 0 Å². The van der Waals surface area contributed by atoms with Gasteiger partial charge in [-0.3, -0.25) is 0 Å². The Labute approximate surface area is 95.3 Å². The number of benzene rings is 1. The summed E-state index contributed by atoms with van der Waals surface area (Å²) in [5, 5.41) is 17.7. The van der Waals surface area contributed by atoms with Gasteiger partial charge in [-0.25, -0.2) is 0 Å². The molecule has 3 nitrogen and oxygen atoms in total. The Morgan fingerprint density at radius 3 is 2.94 bits per heavy atom. The molecule has 1 saturated carbocycles. The van der Waals surface area contributed by atoms with E-state index in [-0.39, 0.29) is 13.2 Å². The Hall–Kier alpha value is -1.37. The second-order valence-corrected chi connectivity index (χ2v) is 4.05. The van der Waals surface area contributed by atoms with Crippen molar-refractivity contribution in [1.29, 1.82) is 5.26 Å². The fourth-order valence-corrected chi connectivity index (χ4v) is 1.77. The highest BCUT2D eigenvalue weighted by atomic mass is 16.5. The molecule has 1 atom stereocenters. The van der Waals surface area contributed by atoms with E-state index in [9.17, 15) is 0 Å². The first-order chi connectivity index (χ1) is 7.85. The van der Waals surface area contributed by atoms with Crippen molar-refractivity contribution in [1.82, 2.24) is 0 Å². The Balaban J connectivity index is 2.11. The van der Waals surface area contributed by atoms with Gasteiger partial charge >= 0.3 is 0 Å². The van der Waals surface area contributed by atoms with Crippen LogP contribution in [0.25, 0.3) is 0 Å². The maximum atomic E-state index is 8.99. The molecule has 0 heterocycles. The normalized spacial score (nSPS) is 16.8. The van der Waals surface area contributed by atoms with Crippen molar-refractivity contribution in [3.05, 3.63) is 35.4 Å². The van der Waals surface area contributed by atoms with Crippen LogP contribution in [0.5, 0.6) is 0 Å². The first kappa shape index (κ1) is 11.1. The molecule has 1 aromatic rings. The summed E-state index contributed by atoms with van der Waals surface area (Å²) in [6.07, 6.45) is 1.93. The number of nitriles is 1. The molecule has 3 heteroatoms. The number of aliphatic hydroxyl groups is 1. The second kappa shape index (κ2) is 5.11. The van der Waals surface area contributed by atoms with Crippen molar-refractivity contribution in [3.63, 3.8) is 0 Å². The maximum Gasteiger partial charge on any atom is 0.169 e. The highest BCUT2D eigenvalue weighted by Gasteiger charge is 2.24. The van der Waals surface area contributed by atoms with Gasteiger partial charge in [0.15, 0.2) is 6.10 Å². The van der Waals surface area contributed by atoms with Crippen molar-refractivity contribution in [2.24, 2.45) is 0 Å². The summed E-state index contributed by atoms with van der Waals surface area (Å²) in [7, 11) is 0. The first-order valence-electron chi connectivity index (χ1n) is 5.57. The van der Waals surface area contributed by atoms with E-state index in [1.807, 2.05) is 18.2 Å². The van der Waals surface area contributed by atoms with E-state index in [4.69, 9.17) is 15.1 Å². The summed E-state index contributed by atoms with van der Waals surface area (Å²) >= 11 is 0. The highest BCUT2D eigenvalue weighted by Crippen LogP contribution is 2.40. The lowest BCUT2D eigenvalue weighted by atomic mass is 10.0. The third-order valence-electron chi connectivity index (χ3n) is 2.76. The zero-order valence-electron chi connectivity index (χ0n) is 9.10. The summed E-state index contributed by atoms with van der Waals surface area (Å²) in [6, 6.07) is 10.1. The van der Waals surface area contributed by atoms with E-state index >= 15 is 0 Å². The molecular formula is C13H15NO2. The minimum Gasteiger partial charge on any atom is -0.394 e. The van der Waals surface area contributed by atoms with E-state index in [0.717, 1.165) is 5.56 Å². The molecule has 2 rings (SSSR count). The van der Waals surface area contributed by atoms with Crippen LogP contribution in [-0.4, -0.2) is 18.3 Å². The van der Waals surface area contributed by atoms with Crippen LogP contribution in [0.4, 0.5) is 0 Å². The zero-order chi connectivity index (χ0) is 11.4. The molecular weight excluding hydrogens is 202 g/mol. The summed E-state index contributed by atoms with van der Waals surface area (Å²) in [5.41, 5.74) is 2.19. The standard InChI is InChI=1S/C13H15NO2/c14-9-13(16-7-6-15)12-3-1-2-11(8-12)10-4-5-10/h1-3,8,10,13,15H,4-7H2. The van der Waals surface area contributed by atoms with Gasteiger partial charge in [0.1, 0.15) is 0 Å². The van der Waals surface area contributed by atoms with Gasteiger partial charge in [-0.15, -0.1) is 0 Å². The smallest absolute Gasteiger partial charge is 0.169 e. The van der Waals surface area contributed by atoms with E-state index < -0.39 is 6.10 Å². The molecule has 1 aromatic carbocycles. The number of nitrogens with zero attached hydrogens (tertiary/aromatic N) is 1. The van der Waals surface area contributed by atoms with Gasteiger partial charge in [0.05, 0.1) is 19.3 Å². The number of hydrogen-bond donors (Lipinski definition) is 1. The van der Waals surface area contributed by atoms with Crippen molar-refractivity contribution in [2.75, 3.05) is 13.2 Å². The van der Waals surface area contributed by atoms with E-state index in [1.54, 1.807) is 0 Å². The van der Waals surface area contributed by atoms with Gasteiger partial charge in [-0.1, -0.05) is 24.3 Å². The van der Waals surface area contributed by atoms with Crippen molar-refractivity contribution >= 4 is 0 Å². The molecule has 16 heavy (non-hydrogen) atoms. The predicted molar refractivity (Wildman–Crippen MR) is 59.8 cm³/mol. The molecule has 0 spiro atoms. The summed E-state index contributed by atoms with van der Waals surface area (Å²) in [5.74, 6) is 0.678. The van der Waals surface area contributed by atoms with Crippen LogP contribution in [0.2, 0.25) is 0 Å². The second-order valence-electron chi connectivity index (χ2n) is 4.05. The van der Waals surface area contributed by atoms with Crippen molar-refractivity contribution < 1.29 is 9.84 Å². The molecule has 84 valence electrons. The molecule has 0 radical (unpaired) electrons. The number of rotatable bonds is 5. The SMILES string of the molecule is N#CC(OCCO)c1cccc(C2CC2)c1. The minimum atomic E-state index is -0.564. The van der Waals surface area contributed by atoms with Crippen molar-refractivity contribution in [3.8, 4) is 6.07 Å². The monoisotopic (exact) mass is 217 g/mol. The van der Waals surface area contributed by atoms with Gasteiger partial charge in [0.2, 0.25) is 0 Å². The van der Waals surface area contributed by atoms with Crippen LogP contribution in [-0.2, 0) is 4.74 Å². The molecule has 0 aromatic heterocycles. The first-order valence-corrected chi connectivity index (χ1v) is 5.57. The molecule has 1 aliphatic carbocycles. The quantitative estimate of drug-likeness (QED) is 0.822. The minimum absolute atomic E-state index is 0.0551. The largest absolute Gasteiger partial charge is 0.394 e. The Bertz CT molecular complexity index is 393. The lowest BCUT2D eigenvalue weighted by molar-refractivity contribution is 0.0581. The lowest BCUT2D eigenvalue weighted by Crippen LogP contribution is -2.06. The van der Waals surface area contributed by atoms with Gasteiger partial charge < -0.3 is 9.84 Å².